The first-order chi connectivity index (χ1) is 10.6. The van der Waals surface area contributed by atoms with Crippen LogP contribution in [0.15, 0.2) is 28.8 Å². The zero-order valence-electron chi connectivity index (χ0n) is 13.1. The summed E-state index contributed by atoms with van der Waals surface area (Å²) in [5.41, 5.74) is 0.847. The van der Waals surface area contributed by atoms with Crippen LogP contribution in [0.25, 0.3) is 11.4 Å². The Hall–Kier alpha value is -2.37. The van der Waals surface area contributed by atoms with E-state index in [1.54, 1.807) is 7.11 Å². The summed E-state index contributed by atoms with van der Waals surface area (Å²) in [4.78, 5) is 16.0. The van der Waals surface area contributed by atoms with Crippen molar-refractivity contribution < 1.29 is 14.1 Å². The van der Waals surface area contributed by atoms with Crippen molar-refractivity contribution in [3.8, 4) is 17.1 Å². The number of carbonyl (C=O) groups excluding carboxylic acids is 1. The van der Waals surface area contributed by atoms with E-state index in [-0.39, 0.29) is 5.91 Å². The van der Waals surface area contributed by atoms with Gasteiger partial charge in [0, 0.05) is 24.9 Å². The Kier molecular flexibility index (Phi) is 5.52. The Balaban J connectivity index is 1.89. The number of methoxy groups -OCH3 is 1. The molecule has 0 fully saturated rings. The van der Waals surface area contributed by atoms with Crippen molar-refractivity contribution >= 4 is 5.91 Å². The second kappa shape index (κ2) is 7.59. The summed E-state index contributed by atoms with van der Waals surface area (Å²) in [6.45, 7) is 4.79. The normalized spacial score (nSPS) is 10.7. The van der Waals surface area contributed by atoms with E-state index < -0.39 is 0 Å². The van der Waals surface area contributed by atoms with Gasteiger partial charge in [-0.1, -0.05) is 19.0 Å². The highest BCUT2D eigenvalue weighted by atomic mass is 16.5. The Morgan fingerprint density at radius 2 is 2.05 bits per heavy atom. The van der Waals surface area contributed by atoms with Gasteiger partial charge >= 0.3 is 0 Å². The lowest BCUT2D eigenvalue weighted by Crippen LogP contribution is -2.27. The summed E-state index contributed by atoms with van der Waals surface area (Å²) in [7, 11) is 1.62. The molecule has 0 aliphatic heterocycles. The van der Waals surface area contributed by atoms with Crippen molar-refractivity contribution in [1.29, 1.82) is 0 Å². The molecule has 2 aromatic rings. The van der Waals surface area contributed by atoms with Crippen LogP contribution in [0.4, 0.5) is 0 Å². The fourth-order valence-electron chi connectivity index (χ4n) is 1.84. The number of nitrogens with one attached hydrogen (secondary N) is 1. The molecule has 0 unspecified atom stereocenters. The molecule has 0 saturated carbocycles. The first-order valence-corrected chi connectivity index (χ1v) is 7.32. The van der Waals surface area contributed by atoms with Gasteiger partial charge in [0.2, 0.25) is 17.6 Å². The molecule has 1 N–H and O–H groups in total. The van der Waals surface area contributed by atoms with Gasteiger partial charge in [-0.15, -0.1) is 0 Å². The molecule has 1 aromatic heterocycles. The van der Waals surface area contributed by atoms with Crippen LogP contribution in [0, 0.1) is 5.92 Å². The summed E-state index contributed by atoms with van der Waals surface area (Å²) in [6, 6.07) is 7.40. The van der Waals surface area contributed by atoms with Crippen LogP contribution < -0.4 is 10.1 Å². The van der Waals surface area contributed by atoms with Gasteiger partial charge in [0.15, 0.2) is 0 Å². The molecule has 6 heteroatoms. The van der Waals surface area contributed by atoms with Crippen LogP contribution in [-0.4, -0.2) is 29.7 Å². The van der Waals surface area contributed by atoms with Gasteiger partial charge in [-0.2, -0.15) is 4.98 Å². The first-order valence-electron chi connectivity index (χ1n) is 7.32. The number of benzene rings is 1. The number of aromatic nitrogens is 2. The zero-order chi connectivity index (χ0) is 15.9. The third-order valence-electron chi connectivity index (χ3n) is 3.09. The number of rotatable bonds is 7. The summed E-state index contributed by atoms with van der Waals surface area (Å²) < 4.78 is 10.3. The van der Waals surface area contributed by atoms with Crippen LogP contribution in [0.3, 0.4) is 0 Å². The van der Waals surface area contributed by atoms with Crippen molar-refractivity contribution in [2.45, 2.75) is 26.7 Å². The second-order valence-electron chi connectivity index (χ2n) is 5.44. The number of ether oxygens (including phenoxy) is 1. The lowest BCUT2D eigenvalue weighted by Gasteiger charge is -2.06. The topological polar surface area (TPSA) is 77.2 Å². The third-order valence-corrected chi connectivity index (χ3v) is 3.09. The first kappa shape index (κ1) is 16.0. The molecule has 118 valence electrons. The summed E-state index contributed by atoms with van der Waals surface area (Å²) in [6.07, 6.45) is 0.782. The van der Waals surface area contributed by atoms with Crippen LogP contribution >= 0.6 is 0 Å². The van der Waals surface area contributed by atoms with Crippen molar-refractivity contribution in [3.63, 3.8) is 0 Å². The molecule has 0 aliphatic rings. The highest BCUT2D eigenvalue weighted by Crippen LogP contribution is 2.19. The van der Waals surface area contributed by atoms with Crippen molar-refractivity contribution in [2.75, 3.05) is 13.7 Å². The quantitative estimate of drug-likeness (QED) is 0.850. The van der Waals surface area contributed by atoms with Crippen LogP contribution in [0.2, 0.25) is 0 Å². The molecule has 1 amide bonds. The average molecular weight is 303 g/mol. The Labute approximate surface area is 129 Å². The second-order valence-corrected chi connectivity index (χ2v) is 5.44. The molecule has 0 atom stereocenters. The molecule has 0 bridgehead atoms. The highest BCUT2D eigenvalue weighted by molar-refractivity contribution is 5.76. The molecule has 0 spiro atoms. The number of aryl methyl sites for hydroxylation is 1. The SMILES string of the molecule is COc1ccc(-c2noc(CCC(=O)NCC(C)C)n2)cc1. The van der Waals surface area contributed by atoms with E-state index >= 15 is 0 Å². The Morgan fingerprint density at radius 3 is 2.68 bits per heavy atom. The third kappa shape index (κ3) is 4.58. The van der Waals surface area contributed by atoms with Gasteiger partial charge in [0.25, 0.3) is 0 Å². The molecule has 0 saturated heterocycles. The lowest BCUT2D eigenvalue weighted by atomic mass is 10.2. The largest absolute Gasteiger partial charge is 0.497 e. The highest BCUT2D eigenvalue weighted by Gasteiger charge is 2.11. The average Bonchev–Trinajstić information content (AvgIpc) is 3.00. The van der Waals surface area contributed by atoms with Crippen molar-refractivity contribution in [2.24, 2.45) is 5.92 Å². The van der Waals surface area contributed by atoms with E-state index in [0.717, 1.165) is 11.3 Å². The summed E-state index contributed by atoms with van der Waals surface area (Å²) in [5.74, 6) is 2.19. The van der Waals surface area contributed by atoms with Crippen LogP contribution in [0.5, 0.6) is 5.75 Å². The Morgan fingerprint density at radius 1 is 1.32 bits per heavy atom. The Bertz CT molecular complexity index is 605. The van der Waals surface area contributed by atoms with E-state index in [1.807, 2.05) is 24.3 Å². The molecular formula is C16H21N3O3. The lowest BCUT2D eigenvalue weighted by molar-refractivity contribution is -0.121. The minimum atomic E-state index is -0.00195. The van der Waals surface area contributed by atoms with Crippen LogP contribution in [0.1, 0.15) is 26.2 Å². The zero-order valence-corrected chi connectivity index (χ0v) is 13.1. The molecule has 22 heavy (non-hydrogen) atoms. The van der Waals surface area contributed by atoms with Crippen LogP contribution in [-0.2, 0) is 11.2 Å². The van der Waals surface area contributed by atoms with E-state index in [4.69, 9.17) is 9.26 Å². The molecule has 0 aliphatic carbocycles. The smallest absolute Gasteiger partial charge is 0.227 e. The van der Waals surface area contributed by atoms with Gasteiger partial charge in [-0.05, 0) is 30.2 Å². The van der Waals surface area contributed by atoms with Crippen molar-refractivity contribution in [1.82, 2.24) is 15.5 Å². The maximum absolute atomic E-state index is 11.7. The van der Waals surface area contributed by atoms with Crippen molar-refractivity contribution in [3.05, 3.63) is 30.2 Å². The predicted molar refractivity (Wildman–Crippen MR) is 82.5 cm³/mol. The van der Waals surface area contributed by atoms with Gasteiger partial charge < -0.3 is 14.6 Å². The summed E-state index contributed by atoms with van der Waals surface area (Å²) >= 11 is 0. The van der Waals surface area contributed by atoms with Gasteiger partial charge in [-0.25, -0.2) is 0 Å². The maximum Gasteiger partial charge on any atom is 0.227 e. The monoisotopic (exact) mass is 303 g/mol. The number of hydrogen-bond acceptors (Lipinski definition) is 5. The molecule has 1 aromatic carbocycles. The van der Waals surface area contributed by atoms with E-state index in [0.29, 0.717) is 37.0 Å². The number of carbonyl (C=O) groups is 1. The minimum Gasteiger partial charge on any atom is -0.497 e. The molecular weight excluding hydrogens is 282 g/mol. The maximum atomic E-state index is 11.7. The fourth-order valence-corrected chi connectivity index (χ4v) is 1.84. The van der Waals surface area contributed by atoms with Gasteiger partial charge in [0.1, 0.15) is 5.75 Å². The standard InChI is InChI=1S/C16H21N3O3/c1-11(2)10-17-14(20)8-9-15-18-16(19-22-15)12-4-6-13(21-3)7-5-12/h4-7,11H,8-10H2,1-3H3,(H,17,20). The minimum absolute atomic E-state index is 0.00195. The summed E-state index contributed by atoms with van der Waals surface area (Å²) in [5, 5.41) is 6.80. The number of amides is 1. The number of hydrogen-bond donors (Lipinski definition) is 1. The van der Waals surface area contributed by atoms with E-state index in [2.05, 4.69) is 29.3 Å². The predicted octanol–water partition coefficient (Wildman–Crippen LogP) is 2.45. The van der Waals surface area contributed by atoms with E-state index in [9.17, 15) is 4.79 Å². The molecule has 2 rings (SSSR count). The molecule has 0 radical (unpaired) electrons. The molecule has 6 nitrogen and oxygen atoms in total. The fraction of sp³-hybridized carbons (Fsp3) is 0.438. The van der Waals surface area contributed by atoms with Gasteiger partial charge in [-0.3, -0.25) is 4.79 Å². The van der Waals surface area contributed by atoms with E-state index in [1.165, 1.54) is 0 Å². The number of nitrogens with zero attached hydrogens (tertiary/aromatic N) is 2. The molecule has 1 heterocycles. The van der Waals surface area contributed by atoms with Gasteiger partial charge in [0.05, 0.1) is 7.11 Å².